The molecule has 2 aliphatic heterocycles. The van der Waals surface area contributed by atoms with Crippen LogP contribution >= 0.6 is 0 Å². The van der Waals surface area contributed by atoms with E-state index in [1.165, 1.54) is 5.56 Å². The number of likely N-dealkylation sites (tertiary alicyclic amines) is 1. The lowest BCUT2D eigenvalue weighted by atomic mass is 10.0. The van der Waals surface area contributed by atoms with E-state index in [9.17, 15) is 4.79 Å². The van der Waals surface area contributed by atoms with Crippen LogP contribution in [0.3, 0.4) is 0 Å². The van der Waals surface area contributed by atoms with Gasteiger partial charge in [0.2, 0.25) is 6.79 Å². The van der Waals surface area contributed by atoms with Gasteiger partial charge in [-0.1, -0.05) is 37.3 Å². The van der Waals surface area contributed by atoms with Gasteiger partial charge in [0.15, 0.2) is 11.5 Å². The topological polar surface area (TPSA) is 42.0 Å². The molecule has 1 atom stereocenters. The Bertz CT molecular complexity index is 809. The van der Waals surface area contributed by atoms with E-state index in [1.54, 1.807) is 0 Å². The molecule has 2 aromatic rings. The highest BCUT2D eigenvalue weighted by atomic mass is 16.7. The monoisotopic (exact) mass is 380 g/mol. The molecule has 0 saturated carbocycles. The Morgan fingerprint density at radius 3 is 2.79 bits per heavy atom. The number of piperidine rings is 1. The summed E-state index contributed by atoms with van der Waals surface area (Å²) in [4.78, 5) is 17.8. The summed E-state index contributed by atoms with van der Waals surface area (Å²) in [5.74, 6) is 1.47. The molecule has 4 rings (SSSR count). The molecule has 0 radical (unpaired) electrons. The van der Waals surface area contributed by atoms with Crippen LogP contribution in [0.4, 0.5) is 0 Å². The predicted molar refractivity (Wildman–Crippen MR) is 109 cm³/mol. The molecule has 1 fully saturated rings. The Balaban J connectivity index is 1.48. The quantitative estimate of drug-likeness (QED) is 0.761. The van der Waals surface area contributed by atoms with E-state index in [-0.39, 0.29) is 18.7 Å². The first-order valence-corrected chi connectivity index (χ1v) is 10.2. The normalized spacial score (nSPS) is 18.8. The van der Waals surface area contributed by atoms with Gasteiger partial charge in [-0.15, -0.1) is 0 Å². The molecule has 0 spiro atoms. The fraction of sp³-hybridized carbons (Fsp3) is 0.435. The highest BCUT2D eigenvalue weighted by molar-refractivity contribution is 5.95. The summed E-state index contributed by atoms with van der Waals surface area (Å²) in [6.07, 6.45) is 3.12. The summed E-state index contributed by atoms with van der Waals surface area (Å²) in [6.45, 7) is 6.08. The zero-order valence-corrected chi connectivity index (χ0v) is 16.5. The molecule has 2 aliphatic rings. The van der Waals surface area contributed by atoms with Gasteiger partial charge in [-0.25, -0.2) is 0 Å². The van der Waals surface area contributed by atoms with E-state index < -0.39 is 0 Å². The van der Waals surface area contributed by atoms with E-state index in [2.05, 4.69) is 47.1 Å². The van der Waals surface area contributed by atoms with Gasteiger partial charge in [0.05, 0.1) is 0 Å². The molecule has 1 saturated heterocycles. The van der Waals surface area contributed by atoms with Gasteiger partial charge in [0.1, 0.15) is 0 Å². The number of rotatable bonds is 6. The van der Waals surface area contributed by atoms with E-state index >= 15 is 0 Å². The Morgan fingerprint density at radius 2 is 1.96 bits per heavy atom. The van der Waals surface area contributed by atoms with Crippen LogP contribution < -0.4 is 9.47 Å². The highest BCUT2D eigenvalue weighted by Gasteiger charge is 2.29. The van der Waals surface area contributed by atoms with E-state index in [0.29, 0.717) is 17.1 Å². The van der Waals surface area contributed by atoms with Crippen molar-refractivity contribution >= 4 is 5.91 Å². The van der Waals surface area contributed by atoms with Crippen molar-refractivity contribution in [2.75, 3.05) is 26.4 Å². The molecule has 5 heteroatoms. The third-order valence-electron chi connectivity index (χ3n) is 5.52. The van der Waals surface area contributed by atoms with Gasteiger partial charge in [-0.05, 0) is 49.6 Å². The van der Waals surface area contributed by atoms with Crippen molar-refractivity contribution in [2.45, 2.75) is 38.8 Å². The number of hydrogen-bond donors (Lipinski definition) is 0. The minimum Gasteiger partial charge on any atom is -0.454 e. The fourth-order valence-electron chi connectivity index (χ4n) is 4.16. The molecule has 1 amide bonds. The number of nitrogens with zero attached hydrogens (tertiary/aromatic N) is 2. The highest BCUT2D eigenvalue weighted by Crippen LogP contribution is 2.33. The zero-order valence-electron chi connectivity index (χ0n) is 16.5. The second-order valence-corrected chi connectivity index (χ2v) is 7.58. The van der Waals surface area contributed by atoms with Gasteiger partial charge >= 0.3 is 0 Å². The fourth-order valence-corrected chi connectivity index (χ4v) is 4.16. The molecule has 0 bridgehead atoms. The predicted octanol–water partition coefficient (Wildman–Crippen LogP) is 3.93. The van der Waals surface area contributed by atoms with Crippen molar-refractivity contribution in [2.24, 2.45) is 0 Å². The zero-order chi connectivity index (χ0) is 19.3. The summed E-state index contributed by atoms with van der Waals surface area (Å²) >= 11 is 0. The minimum atomic E-state index is 0.0895. The lowest BCUT2D eigenvalue weighted by Crippen LogP contribution is -2.50. The molecule has 0 N–H and O–H groups in total. The number of carbonyl (C=O) groups is 1. The molecule has 2 heterocycles. The largest absolute Gasteiger partial charge is 0.454 e. The van der Waals surface area contributed by atoms with Crippen molar-refractivity contribution in [3.8, 4) is 11.5 Å². The minimum absolute atomic E-state index is 0.0895. The summed E-state index contributed by atoms with van der Waals surface area (Å²) < 4.78 is 10.8. The molecule has 28 heavy (non-hydrogen) atoms. The number of amides is 1. The van der Waals surface area contributed by atoms with Crippen molar-refractivity contribution in [3.05, 3.63) is 59.7 Å². The maximum Gasteiger partial charge on any atom is 0.254 e. The Morgan fingerprint density at radius 1 is 1.14 bits per heavy atom. The lowest BCUT2D eigenvalue weighted by Gasteiger charge is -2.39. The van der Waals surface area contributed by atoms with Crippen molar-refractivity contribution < 1.29 is 14.3 Å². The summed E-state index contributed by atoms with van der Waals surface area (Å²) in [7, 11) is 0. The van der Waals surface area contributed by atoms with E-state index in [4.69, 9.17) is 9.47 Å². The Hall–Kier alpha value is -2.53. The molecule has 5 nitrogen and oxygen atoms in total. The summed E-state index contributed by atoms with van der Waals surface area (Å²) in [6, 6.07) is 16.3. The van der Waals surface area contributed by atoms with Crippen LogP contribution in [0.25, 0.3) is 0 Å². The Kier molecular flexibility index (Phi) is 5.81. The van der Waals surface area contributed by atoms with Crippen molar-refractivity contribution in [3.63, 3.8) is 0 Å². The number of hydrogen-bond acceptors (Lipinski definition) is 4. The second kappa shape index (κ2) is 8.65. The van der Waals surface area contributed by atoms with Gasteiger partial charge in [-0.2, -0.15) is 0 Å². The molecule has 0 aliphatic carbocycles. The van der Waals surface area contributed by atoms with E-state index in [0.717, 1.165) is 45.4 Å². The SMILES string of the molecule is CCCN(C(=O)c1ccc2c(c1)OCO2)[C@@H]1CCCN(Cc2ccccc2)C1. The van der Waals surface area contributed by atoms with Crippen LogP contribution in [0.5, 0.6) is 11.5 Å². The number of carbonyl (C=O) groups excluding carboxylic acids is 1. The Labute approximate surface area is 166 Å². The third-order valence-corrected chi connectivity index (χ3v) is 5.52. The van der Waals surface area contributed by atoms with E-state index in [1.807, 2.05) is 18.2 Å². The van der Waals surface area contributed by atoms with Crippen molar-refractivity contribution in [1.82, 2.24) is 9.80 Å². The molecular weight excluding hydrogens is 352 g/mol. The number of ether oxygens (including phenoxy) is 2. The van der Waals surface area contributed by atoms with Gasteiger partial charge in [0.25, 0.3) is 5.91 Å². The number of benzene rings is 2. The maximum absolute atomic E-state index is 13.3. The molecule has 2 aromatic carbocycles. The molecule has 0 unspecified atom stereocenters. The first kappa shape index (κ1) is 18.8. The maximum atomic E-state index is 13.3. The van der Waals surface area contributed by atoms with Gasteiger partial charge in [-0.3, -0.25) is 9.69 Å². The van der Waals surface area contributed by atoms with Crippen LogP contribution in [0.2, 0.25) is 0 Å². The van der Waals surface area contributed by atoms with Crippen molar-refractivity contribution in [1.29, 1.82) is 0 Å². The smallest absolute Gasteiger partial charge is 0.254 e. The van der Waals surface area contributed by atoms with Crippen LogP contribution in [-0.4, -0.2) is 48.2 Å². The lowest BCUT2D eigenvalue weighted by molar-refractivity contribution is 0.0534. The van der Waals surface area contributed by atoms with Crippen LogP contribution in [0.15, 0.2) is 48.5 Å². The molecular formula is C23H28N2O3. The third kappa shape index (κ3) is 4.14. The average Bonchev–Trinajstić information content (AvgIpc) is 3.20. The van der Waals surface area contributed by atoms with Crippen LogP contribution in [0, 0.1) is 0 Å². The van der Waals surface area contributed by atoms with Crippen LogP contribution in [0.1, 0.15) is 42.1 Å². The van der Waals surface area contributed by atoms with Crippen LogP contribution in [-0.2, 0) is 6.54 Å². The molecule has 0 aromatic heterocycles. The van der Waals surface area contributed by atoms with Gasteiger partial charge in [0, 0.05) is 31.2 Å². The standard InChI is InChI=1S/C23H28N2O3/c1-2-12-25(23(26)19-10-11-21-22(14-19)28-17-27-21)20-9-6-13-24(16-20)15-18-7-4-3-5-8-18/h3-5,7-8,10-11,14,20H,2,6,9,12-13,15-17H2,1H3/t20-/m1/s1. The first-order chi connectivity index (χ1) is 13.7. The first-order valence-electron chi connectivity index (χ1n) is 10.2. The second-order valence-electron chi connectivity index (χ2n) is 7.58. The number of fused-ring (bicyclic) bond motifs is 1. The molecule has 148 valence electrons. The summed E-state index contributed by atoms with van der Waals surface area (Å²) in [5.41, 5.74) is 2.00. The van der Waals surface area contributed by atoms with Gasteiger partial charge < -0.3 is 14.4 Å². The average molecular weight is 380 g/mol. The summed E-state index contributed by atoms with van der Waals surface area (Å²) in [5, 5.41) is 0.